The topological polar surface area (TPSA) is 53.3 Å². The summed E-state index contributed by atoms with van der Waals surface area (Å²) in [5.74, 6) is 0.0499. The molecule has 2 fully saturated rings. The normalized spacial score (nSPS) is 26.5. The largest absolute Gasteiger partial charge is 0.408 e. The minimum Gasteiger partial charge on any atom is -0.408 e. The van der Waals surface area contributed by atoms with Crippen LogP contribution in [0.25, 0.3) is 0 Å². The summed E-state index contributed by atoms with van der Waals surface area (Å²) in [6.45, 7) is 14.0. The van der Waals surface area contributed by atoms with E-state index in [4.69, 9.17) is 4.43 Å². The molecule has 2 saturated heterocycles. The molecule has 2 atom stereocenters. The van der Waals surface area contributed by atoms with Gasteiger partial charge in [0.25, 0.3) is 5.91 Å². The number of carbonyl (C=O) groups is 1. The van der Waals surface area contributed by atoms with Gasteiger partial charge in [0.1, 0.15) is 0 Å². The van der Waals surface area contributed by atoms with Crippen molar-refractivity contribution >= 4 is 14.2 Å². The highest BCUT2D eigenvalue weighted by Crippen LogP contribution is 2.43. The van der Waals surface area contributed by atoms with Gasteiger partial charge in [0.15, 0.2) is 8.32 Å². The van der Waals surface area contributed by atoms with Crippen LogP contribution >= 0.6 is 0 Å². The Balaban J connectivity index is 2.42. The number of unbranched alkanes of at least 4 members (excludes halogenated alkanes) is 1. The molecule has 2 rings (SSSR count). The highest BCUT2D eigenvalue weighted by atomic mass is 28.4. The third-order valence-corrected chi connectivity index (χ3v) is 10.3. The lowest BCUT2D eigenvalue weighted by Crippen LogP contribution is -2.47. The van der Waals surface area contributed by atoms with Gasteiger partial charge in [-0.15, -0.1) is 0 Å². The Labute approximate surface area is 148 Å². The standard InChI is InChI=1S/C19H32N2O2Si/c1-7-8-10-14(13-20)16-17(23-24(5,6)19(2,3)4)15-11-9-12-21(15)18(16)22/h15,17H,7-12H2,1-6H3/b16-14-/t15-,17-/m0/s1. The van der Waals surface area contributed by atoms with Gasteiger partial charge in [-0.2, -0.15) is 5.26 Å². The van der Waals surface area contributed by atoms with Gasteiger partial charge in [0.2, 0.25) is 0 Å². The van der Waals surface area contributed by atoms with Crippen molar-refractivity contribution in [2.24, 2.45) is 0 Å². The molecule has 0 aliphatic carbocycles. The summed E-state index contributed by atoms with van der Waals surface area (Å²) < 4.78 is 6.69. The highest BCUT2D eigenvalue weighted by Gasteiger charge is 2.51. The molecule has 2 aliphatic rings. The molecule has 0 spiro atoms. The molecule has 0 aromatic rings. The number of nitrogens with zero attached hydrogens (tertiary/aromatic N) is 2. The van der Waals surface area contributed by atoms with E-state index in [0.29, 0.717) is 17.6 Å². The van der Waals surface area contributed by atoms with E-state index in [0.717, 1.165) is 32.2 Å². The Morgan fingerprint density at radius 3 is 2.62 bits per heavy atom. The summed E-state index contributed by atoms with van der Waals surface area (Å²) in [6, 6.07) is 2.45. The quantitative estimate of drug-likeness (QED) is 0.420. The average molecular weight is 349 g/mol. The Morgan fingerprint density at radius 1 is 1.42 bits per heavy atom. The molecule has 0 bridgehead atoms. The first-order valence-corrected chi connectivity index (χ1v) is 12.2. The Hall–Kier alpha value is -1.12. The number of carbonyl (C=O) groups excluding carboxylic acids is 1. The van der Waals surface area contributed by atoms with Crippen molar-refractivity contribution < 1.29 is 9.22 Å². The fourth-order valence-corrected chi connectivity index (χ4v) is 4.63. The maximum absolute atomic E-state index is 12.9. The smallest absolute Gasteiger partial charge is 0.253 e. The molecular weight excluding hydrogens is 316 g/mol. The van der Waals surface area contributed by atoms with Crippen molar-refractivity contribution in [1.82, 2.24) is 4.90 Å². The van der Waals surface area contributed by atoms with Crippen molar-refractivity contribution in [1.29, 1.82) is 5.26 Å². The maximum atomic E-state index is 12.9. The molecule has 2 aliphatic heterocycles. The second-order valence-corrected chi connectivity index (χ2v) is 13.4. The van der Waals surface area contributed by atoms with Crippen molar-refractivity contribution in [3.63, 3.8) is 0 Å². The predicted octanol–water partition coefficient (Wildman–Crippen LogP) is 4.39. The number of rotatable bonds is 5. The lowest BCUT2D eigenvalue weighted by atomic mass is 9.97. The molecule has 0 saturated carbocycles. The molecule has 0 N–H and O–H groups in total. The van der Waals surface area contributed by atoms with E-state index < -0.39 is 8.32 Å². The Kier molecular flexibility index (Phi) is 5.61. The zero-order valence-corrected chi connectivity index (χ0v) is 17.1. The molecule has 0 aromatic heterocycles. The lowest BCUT2D eigenvalue weighted by Gasteiger charge is -2.39. The van der Waals surface area contributed by atoms with Gasteiger partial charge in [-0.25, -0.2) is 0 Å². The zero-order valence-electron chi connectivity index (χ0n) is 16.1. The summed E-state index contributed by atoms with van der Waals surface area (Å²) in [7, 11) is -2.01. The average Bonchev–Trinajstić information content (AvgIpc) is 3.05. The number of hydrogen-bond donors (Lipinski definition) is 0. The second-order valence-electron chi connectivity index (χ2n) is 8.61. The molecular formula is C19H32N2O2Si. The van der Waals surface area contributed by atoms with E-state index in [1.807, 2.05) is 4.90 Å². The van der Waals surface area contributed by atoms with Crippen molar-refractivity contribution in [3.05, 3.63) is 11.1 Å². The van der Waals surface area contributed by atoms with Crippen LogP contribution in [-0.4, -0.2) is 37.8 Å². The third kappa shape index (κ3) is 3.45. The minimum atomic E-state index is -2.01. The van der Waals surface area contributed by atoms with Gasteiger partial charge < -0.3 is 9.33 Å². The van der Waals surface area contributed by atoms with Gasteiger partial charge in [-0.3, -0.25) is 4.79 Å². The highest BCUT2D eigenvalue weighted by molar-refractivity contribution is 6.74. The molecule has 1 amide bonds. The van der Waals surface area contributed by atoms with E-state index in [1.165, 1.54) is 0 Å². The Morgan fingerprint density at radius 2 is 2.08 bits per heavy atom. The second kappa shape index (κ2) is 7.01. The number of hydrogen-bond acceptors (Lipinski definition) is 3. The van der Waals surface area contributed by atoms with Crippen LogP contribution in [0, 0.1) is 11.3 Å². The van der Waals surface area contributed by atoms with Crippen LogP contribution in [0.15, 0.2) is 11.1 Å². The summed E-state index contributed by atoms with van der Waals surface area (Å²) in [4.78, 5) is 14.9. The van der Waals surface area contributed by atoms with Crippen molar-refractivity contribution in [3.8, 4) is 6.07 Å². The summed E-state index contributed by atoms with van der Waals surface area (Å²) >= 11 is 0. The van der Waals surface area contributed by atoms with Crippen molar-refractivity contribution in [2.75, 3.05) is 6.54 Å². The van der Waals surface area contributed by atoms with E-state index in [9.17, 15) is 10.1 Å². The van der Waals surface area contributed by atoms with Gasteiger partial charge >= 0.3 is 0 Å². The molecule has 24 heavy (non-hydrogen) atoms. The number of fused-ring (bicyclic) bond motifs is 1. The fourth-order valence-electron chi connectivity index (χ4n) is 3.37. The van der Waals surface area contributed by atoms with E-state index in [-0.39, 0.29) is 23.1 Å². The molecule has 0 unspecified atom stereocenters. The van der Waals surface area contributed by atoms with Crippen LogP contribution in [-0.2, 0) is 9.22 Å². The van der Waals surface area contributed by atoms with Crippen LogP contribution in [0.1, 0.15) is 59.8 Å². The Bertz CT molecular complexity index is 569. The maximum Gasteiger partial charge on any atom is 0.253 e. The first-order valence-electron chi connectivity index (χ1n) is 9.26. The van der Waals surface area contributed by atoms with Crippen LogP contribution in [0.2, 0.25) is 18.1 Å². The van der Waals surface area contributed by atoms with Gasteiger partial charge in [0.05, 0.1) is 23.8 Å². The lowest BCUT2D eigenvalue weighted by molar-refractivity contribution is -0.125. The first kappa shape index (κ1) is 19.2. The van der Waals surface area contributed by atoms with E-state index >= 15 is 0 Å². The summed E-state index contributed by atoms with van der Waals surface area (Å²) in [5.41, 5.74) is 1.32. The number of nitriles is 1. The SMILES string of the molecule is CCCC/C(C#N)=C1/C(=O)N2CCC[C@H]2[C@@H]1O[Si](C)(C)C(C)(C)C. The number of amides is 1. The molecule has 4 nitrogen and oxygen atoms in total. The zero-order chi connectivity index (χ0) is 18.1. The van der Waals surface area contributed by atoms with Crippen LogP contribution in [0.3, 0.4) is 0 Å². The fraction of sp³-hybridized carbons (Fsp3) is 0.789. The summed E-state index contributed by atoms with van der Waals surface area (Å²) in [6.07, 6.45) is 4.46. The van der Waals surface area contributed by atoms with E-state index in [2.05, 4.69) is 46.9 Å². The van der Waals surface area contributed by atoms with Gasteiger partial charge in [0, 0.05) is 12.1 Å². The molecule has 134 valence electrons. The predicted molar refractivity (Wildman–Crippen MR) is 99.0 cm³/mol. The minimum absolute atomic E-state index is 0.0499. The summed E-state index contributed by atoms with van der Waals surface area (Å²) in [5, 5.41) is 9.73. The first-order chi connectivity index (χ1) is 11.1. The molecule has 2 heterocycles. The monoisotopic (exact) mass is 348 g/mol. The molecule has 0 radical (unpaired) electrons. The van der Waals surface area contributed by atoms with E-state index in [1.54, 1.807) is 0 Å². The van der Waals surface area contributed by atoms with Gasteiger partial charge in [-0.1, -0.05) is 34.1 Å². The van der Waals surface area contributed by atoms with Crippen LogP contribution in [0.5, 0.6) is 0 Å². The van der Waals surface area contributed by atoms with Crippen molar-refractivity contribution in [2.45, 2.75) is 90.1 Å². The third-order valence-electron chi connectivity index (χ3n) is 5.89. The number of allylic oxidation sites excluding steroid dienone is 1. The molecule has 5 heteroatoms. The van der Waals surface area contributed by atoms with Gasteiger partial charge in [-0.05, 0) is 43.8 Å². The molecule has 0 aromatic carbocycles. The van der Waals surface area contributed by atoms with Crippen LogP contribution < -0.4 is 0 Å². The van der Waals surface area contributed by atoms with Crippen LogP contribution in [0.4, 0.5) is 0 Å².